The minimum atomic E-state index is -0.749. The molecule has 0 heterocycles. The Morgan fingerprint density at radius 2 is 1.72 bits per heavy atom. The largest absolute Gasteiger partial charge is 0.495 e. The maximum absolute atomic E-state index is 12.1. The summed E-state index contributed by atoms with van der Waals surface area (Å²) in [6.07, 6.45) is 0.726. The molecule has 0 saturated heterocycles. The molecular weight excluding hydrogens is 396 g/mol. The van der Waals surface area contributed by atoms with E-state index < -0.39 is 24.5 Å². The molecule has 1 atom stereocenters. The predicted molar refractivity (Wildman–Crippen MR) is 94.0 cm³/mol. The zero-order valence-electron chi connectivity index (χ0n) is 14.5. The summed E-state index contributed by atoms with van der Waals surface area (Å²) in [7, 11) is 2.88. The highest BCUT2D eigenvalue weighted by molar-refractivity contribution is 9.10. The quantitative estimate of drug-likeness (QED) is 0.660. The Labute approximate surface area is 154 Å². The molecule has 0 radical (unpaired) electrons. The van der Waals surface area contributed by atoms with Crippen LogP contribution in [0.1, 0.15) is 30.6 Å². The van der Waals surface area contributed by atoms with Gasteiger partial charge in [0, 0.05) is 6.04 Å². The van der Waals surface area contributed by atoms with Gasteiger partial charge in [0.15, 0.2) is 6.61 Å². The number of hydrogen-bond donors (Lipinski definition) is 2. The first-order chi connectivity index (χ1) is 11.8. The molecule has 0 aliphatic carbocycles. The number of hydrogen-bond acceptors (Lipinski definition) is 6. The van der Waals surface area contributed by atoms with Crippen molar-refractivity contribution in [1.29, 1.82) is 0 Å². The second kappa shape index (κ2) is 9.87. The topological polar surface area (TPSA) is 103 Å². The lowest BCUT2D eigenvalue weighted by atomic mass is 10.2. The normalized spacial score (nSPS) is 11.2. The van der Waals surface area contributed by atoms with Gasteiger partial charge in [-0.05, 0) is 41.4 Å². The van der Waals surface area contributed by atoms with Crippen LogP contribution in [0.25, 0.3) is 0 Å². The van der Waals surface area contributed by atoms with Crippen molar-refractivity contribution >= 4 is 33.8 Å². The number of imide groups is 1. The van der Waals surface area contributed by atoms with Gasteiger partial charge < -0.3 is 19.5 Å². The fraction of sp³-hybridized carbons (Fsp3) is 0.438. The molecule has 2 N–H and O–H groups in total. The van der Waals surface area contributed by atoms with Gasteiger partial charge in [-0.1, -0.05) is 6.92 Å². The van der Waals surface area contributed by atoms with Gasteiger partial charge in [-0.2, -0.15) is 0 Å². The summed E-state index contributed by atoms with van der Waals surface area (Å²) >= 11 is 3.29. The van der Waals surface area contributed by atoms with Gasteiger partial charge in [0.05, 0.1) is 19.8 Å². The molecule has 8 nitrogen and oxygen atoms in total. The van der Waals surface area contributed by atoms with Crippen LogP contribution < -0.4 is 20.1 Å². The van der Waals surface area contributed by atoms with Crippen molar-refractivity contribution in [3.8, 4) is 11.5 Å². The molecule has 0 aliphatic rings. The van der Waals surface area contributed by atoms with Crippen LogP contribution in [-0.2, 0) is 9.53 Å². The third-order valence-corrected chi connectivity index (χ3v) is 4.04. The number of esters is 1. The predicted octanol–water partition coefficient (Wildman–Crippen LogP) is 2.25. The Morgan fingerprint density at radius 3 is 2.20 bits per heavy atom. The van der Waals surface area contributed by atoms with Gasteiger partial charge in [-0.25, -0.2) is 9.59 Å². The lowest BCUT2D eigenvalue weighted by Crippen LogP contribution is -2.44. The minimum Gasteiger partial charge on any atom is -0.495 e. The number of carbonyl (C=O) groups is 3. The molecule has 0 fully saturated rings. The van der Waals surface area contributed by atoms with Crippen LogP contribution in [0, 0.1) is 0 Å². The Morgan fingerprint density at radius 1 is 1.16 bits per heavy atom. The number of carbonyl (C=O) groups excluding carboxylic acids is 3. The number of benzene rings is 1. The lowest BCUT2D eigenvalue weighted by molar-refractivity contribution is -0.123. The molecule has 0 aliphatic heterocycles. The van der Waals surface area contributed by atoms with Gasteiger partial charge in [-0.15, -0.1) is 0 Å². The average Bonchev–Trinajstić information content (AvgIpc) is 2.59. The SMILES string of the molecule is CC[C@@H](C)NC(=O)NC(=O)COC(=O)c1cc(OC)c(Br)c(OC)c1. The maximum atomic E-state index is 12.1. The molecular formula is C16H21BrN2O6. The van der Waals surface area contributed by atoms with E-state index in [4.69, 9.17) is 14.2 Å². The highest BCUT2D eigenvalue weighted by Crippen LogP contribution is 2.35. The van der Waals surface area contributed by atoms with Crippen LogP contribution in [0.15, 0.2) is 16.6 Å². The summed E-state index contributed by atoms with van der Waals surface area (Å²) in [6, 6.07) is 2.19. The summed E-state index contributed by atoms with van der Waals surface area (Å²) in [5, 5.41) is 4.65. The molecule has 0 bridgehead atoms. The average molecular weight is 417 g/mol. The molecule has 3 amide bonds. The van der Waals surface area contributed by atoms with E-state index in [0.717, 1.165) is 6.42 Å². The van der Waals surface area contributed by atoms with E-state index in [1.165, 1.54) is 26.4 Å². The van der Waals surface area contributed by atoms with Crippen LogP contribution in [0.2, 0.25) is 0 Å². The fourth-order valence-electron chi connectivity index (χ4n) is 1.73. The van der Waals surface area contributed by atoms with Gasteiger partial charge in [-0.3, -0.25) is 10.1 Å². The zero-order valence-corrected chi connectivity index (χ0v) is 16.1. The van der Waals surface area contributed by atoms with Crippen molar-refractivity contribution in [2.45, 2.75) is 26.3 Å². The third kappa shape index (κ3) is 6.26. The summed E-state index contributed by atoms with van der Waals surface area (Å²) in [5.74, 6) is -0.723. The van der Waals surface area contributed by atoms with Gasteiger partial charge in [0.2, 0.25) is 0 Å². The number of halogens is 1. The second-order valence-corrected chi connectivity index (χ2v) is 5.89. The molecule has 138 valence electrons. The van der Waals surface area contributed by atoms with Crippen LogP contribution in [0.5, 0.6) is 11.5 Å². The molecule has 0 spiro atoms. The van der Waals surface area contributed by atoms with Crippen LogP contribution in [0.4, 0.5) is 4.79 Å². The highest BCUT2D eigenvalue weighted by atomic mass is 79.9. The molecule has 1 aromatic rings. The van der Waals surface area contributed by atoms with Crippen molar-refractivity contribution in [1.82, 2.24) is 10.6 Å². The number of ether oxygens (including phenoxy) is 3. The molecule has 0 unspecified atom stereocenters. The van der Waals surface area contributed by atoms with E-state index in [9.17, 15) is 14.4 Å². The van der Waals surface area contributed by atoms with Gasteiger partial charge in [0.1, 0.15) is 16.0 Å². The van der Waals surface area contributed by atoms with Crippen LogP contribution >= 0.6 is 15.9 Å². The molecule has 1 aromatic carbocycles. The standard InChI is InChI=1S/C16H21BrN2O6/c1-5-9(2)18-16(22)19-13(20)8-25-15(21)10-6-11(23-3)14(17)12(7-10)24-4/h6-7,9H,5,8H2,1-4H3,(H2,18,19,20,22)/t9-/m1/s1. The van der Waals surface area contributed by atoms with E-state index in [2.05, 4.69) is 26.6 Å². The van der Waals surface area contributed by atoms with Gasteiger partial charge >= 0.3 is 12.0 Å². The first-order valence-electron chi connectivity index (χ1n) is 7.51. The van der Waals surface area contributed by atoms with Crippen molar-refractivity contribution < 1.29 is 28.6 Å². The van der Waals surface area contributed by atoms with Gasteiger partial charge in [0.25, 0.3) is 5.91 Å². The number of rotatable bonds is 7. The smallest absolute Gasteiger partial charge is 0.338 e. The molecule has 25 heavy (non-hydrogen) atoms. The number of amides is 3. The van der Waals surface area contributed by atoms with E-state index in [-0.39, 0.29) is 11.6 Å². The summed E-state index contributed by atoms with van der Waals surface area (Å²) in [5.41, 5.74) is 0.147. The maximum Gasteiger partial charge on any atom is 0.338 e. The first kappa shape index (κ1) is 20.8. The van der Waals surface area contributed by atoms with Crippen molar-refractivity contribution in [2.75, 3.05) is 20.8 Å². The Balaban J connectivity index is 2.65. The second-order valence-electron chi connectivity index (χ2n) is 5.10. The van der Waals surface area contributed by atoms with Crippen molar-refractivity contribution in [2.24, 2.45) is 0 Å². The highest BCUT2D eigenvalue weighted by Gasteiger charge is 2.17. The number of nitrogens with one attached hydrogen (secondary N) is 2. The van der Waals surface area contributed by atoms with E-state index in [0.29, 0.717) is 16.0 Å². The van der Waals surface area contributed by atoms with Crippen molar-refractivity contribution in [3.63, 3.8) is 0 Å². The summed E-state index contributed by atoms with van der Waals surface area (Å²) in [6.45, 7) is 3.11. The number of methoxy groups -OCH3 is 2. The minimum absolute atomic E-state index is 0.0713. The van der Waals surface area contributed by atoms with E-state index in [1.807, 2.05) is 6.92 Å². The Kier molecular flexibility index (Phi) is 8.20. The van der Waals surface area contributed by atoms with Crippen molar-refractivity contribution in [3.05, 3.63) is 22.2 Å². The molecule has 1 rings (SSSR count). The first-order valence-corrected chi connectivity index (χ1v) is 8.30. The Bertz CT molecular complexity index is 625. The zero-order chi connectivity index (χ0) is 19.0. The van der Waals surface area contributed by atoms with E-state index >= 15 is 0 Å². The van der Waals surface area contributed by atoms with Crippen LogP contribution in [-0.4, -0.2) is 44.8 Å². The fourth-order valence-corrected chi connectivity index (χ4v) is 2.28. The molecule has 0 saturated carbocycles. The third-order valence-electron chi connectivity index (χ3n) is 3.26. The Hall–Kier alpha value is -2.29. The molecule has 9 heteroatoms. The van der Waals surface area contributed by atoms with Crippen LogP contribution in [0.3, 0.4) is 0 Å². The summed E-state index contributed by atoms with van der Waals surface area (Å²) in [4.78, 5) is 35.3. The lowest BCUT2D eigenvalue weighted by Gasteiger charge is -2.12. The monoisotopic (exact) mass is 416 g/mol. The van der Waals surface area contributed by atoms with E-state index in [1.54, 1.807) is 6.92 Å². The summed E-state index contributed by atoms with van der Waals surface area (Å²) < 4.78 is 15.7. The number of urea groups is 1. The molecule has 0 aromatic heterocycles.